The van der Waals surface area contributed by atoms with Crippen molar-refractivity contribution in [3.63, 3.8) is 0 Å². The number of halogens is 2. The summed E-state index contributed by atoms with van der Waals surface area (Å²) in [6.07, 6.45) is 0. The monoisotopic (exact) mass is 269 g/mol. The summed E-state index contributed by atoms with van der Waals surface area (Å²) < 4.78 is 26.6. The van der Waals surface area contributed by atoms with E-state index in [1.165, 1.54) is 12.1 Å². The molecule has 0 aliphatic rings. The van der Waals surface area contributed by atoms with Crippen molar-refractivity contribution in [3.05, 3.63) is 83.4 Å². The zero-order valence-corrected chi connectivity index (χ0v) is 10.7. The van der Waals surface area contributed by atoms with Gasteiger partial charge in [0, 0.05) is 6.07 Å². The third-order valence-corrected chi connectivity index (χ3v) is 3.40. The summed E-state index contributed by atoms with van der Waals surface area (Å²) in [7, 11) is 0. The molecular formula is C17H13F2N. The van der Waals surface area contributed by atoms with Crippen molar-refractivity contribution in [1.82, 2.24) is 0 Å². The van der Waals surface area contributed by atoms with E-state index >= 15 is 0 Å². The van der Waals surface area contributed by atoms with Crippen molar-refractivity contribution in [1.29, 1.82) is 0 Å². The molecule has 0 aromatic heterocycles. The van der Waals surface area contributed by atoms with Gasteiger partial charge >= 0.3 is 0 Å². The van der Waals surface area contributed by atoms with Gasteiger partial charge in [-0.05, 0) is 34.0 Å². The molecule has 3 aromatic rings. The number of hydrogen-bond acceptors (Lipinski definition) is 1. The molecule has 0 fully saturated rings. The van der Waals surface area contributed by atoms with Gasteiger partial charge in [0.15, 0.2) is 0 Å². The molecule has 100 valence electrons. The van der Waals surface area contributed by atoms with E-state index in [0.29, 0.717) is 5.56 Å². The topological polar surface area (TPSA) is 26.0 Å². The Labute approximate surface area is 115 Å². The van der Waals surface area contributed by atoms with Gasteiger partial charge in [-0.15, -0.1) is 0 Å². The van der Waals surface area contributed by atoms with Crippen molar-refractivity contribution < 1.29 is 8.78 Å². The Hall–Kier alpha value is -2.26. The fourth-order valence-electron chi connectivity index (χ4n) is 2.46. The van der Waals surface area contributed by atoms with Gasteiger partial charge in [-0.25, -0.2) is 8.78 Å². The molecule has 0 radical (unpaired) electrons. The van der Waals surface area contributed by atoms with Gasteiger partial charge in [0.2, 0.25) is 0 Å². The standard InChI is InChI=1S/C17H13F2N/c18-13-8-12(9-14(19)10-13)17(20)16-7-3-5-11-4-1-2-6-15(11)16/h1-10,17H,20H2. The summed E-state index contributed by atoms with van der Waals surface area (Å²) in [5, 5.41) is 2.05. The van der Waals surface area contributed by atoms with Crippen LogP contribution in [-0.2, 0) is 0 Å². The Bertz CT molecular complexity index is 742. The van der Waals surface area contributed by atoms with E-state index in [4.69, 9.17) is 5.73 Å². The SMILES string of the molecule is NC(c1cc(F)cc(F)c1)c1cccc2ccccc12. The Kier molecular flexibility index (Phi) is 3.20. The van der Waals surface area contributed by atoms with Crippen LogP contribution in [0.3, 0.4) is 0 Å². The Morgan fingerprint density at radius 3 is 2.20 bits per heavy atom. The smallest absolute Gasteiger partial charge is 0.126 e. The van der Waals surface area contributed by atoms with E-state index in [1.54, 1.807) is 0 Å². The minimum absolute atomic E-state index is 0.429. The molecule has 0 amide bonds. The van der Waals surface area contributed by atoms with Crippen LogP contribution < -0.4 is 5.73 Å². The van der Waals surface area contributed by atoms with Gasteiger partial charge in [0.1, 0.15) is 11.6 Å². The highest BCUT2D eigenvalue weighted by atomic mass is 19.1. The highest BCUT2D eigenvalue weighted by Gasteiger charge is 2.13. The van der Waals surface area contributed by atoms with Crippen LogP contribution in [0.25, 0.3) is 10.8 Å². The third-order valence-electron chi connectivity index (χ3n) is 3.40. The van der Waals surface area contributed by atoms with Crippen molar-refractivity contribution in [2.24, 2.45) is 5.73 Å². The average Bonchev–Trinajstić information content (AvgIpc) is 2.45. The lowest BCUT2D eigenvalue weighted by Gasteiger charge is -2.15. The Balaban J connectivity index is 2.15. The summed E-state index contributed by atoms with van der Waals surface area (Å²) in [5.41, 5.74) is 7.47. The molecule has 0 saturated heterocycles. The predicted octanol–water partition coefficient (Wildman–Crippen LogP) is 4.17. The van der Waals surface area contributed by atoms with Gasteiger partial charge in [0.05, 0.1) is 6.04 Å². The van der Waals surface area contributed by atoms with Gasteiger partial charge in [-0.3, -0.25) is 0 Å². The molecule has 1 unspecified atom stereocenters. The first-order valence-corrected chi connectivity index (χ1v) is 6.34. The van der Waals surface area contributed by atoms with Crippen LogP contribution in [-0.4, -0.2) is 0 Å². The number of fused-ring (bicyclic) bond motifs is 1. The van der Waals surface area contributed by atoms with Crippen LogP contribution >= 0.6 is 0 Å². The molecular weight excluding hydrogens is 256 g/mol. The van der Waals surface area contributed by atoms with E-state index < -0.39 is 17.7 Å². The molecule has 3 aromatic carbocycles. The fourth-order valence-corrected chi connectivity index (χ4v) is 2.46. The van der Waals surface area contributed by atoms with Crippen molar-refractivity contribution in [3.8, 4) is 0 Å². The normalized spacial score (nSPS) is 12.6. The van der Waals surface area contributed by atoms with Gasteiger partial charge in [-0.2, -0.15) is 0 Å². The number of hydrogen-bond donors (Lipinski definition) is 1. The summed E-state index contributed by atoms with van der Waals surface area (Å²) in [4.78, 5) is 0. The lowest BCUT2D eigenvalue weighted by molar-refractivity contribution is 0.577. The zero-order chi connectivity index (χ0) is 14.1. The maximum absolute atomic E-state index is 13.3. The molecule has 20 heavy (non-hydrogen) atoms. The van der Waals surface area contributed by atoms with Crippen LogP contribution in [0.5, 0.6) is 0 Å². The van der Waals surface area contributed by atoms with Crippen LogP contribution in [0.1, 0.15) is 17.2 Å². The first kappa shape index (κ1) is 12.8. The van der Waals surface area contributed by atoms with Gasteiger partial charge in [-0.1, -0.05) is 42.5 Å². The average molecular weight is 269 g/mol. The number of benzene rings is 3. The molecule has 0 spiro atoms. The van der Waals surface area contributed by atoms with E-state index in [2.05, 4.69) is 0 Å². The molecule has 3 rings (SSSR count). The second-order valence-electron chi connectivity index (χ2n) is 4.75. The van der Waals surface area contributed by atoms with Crippen LogP contribution in [0.2, 0.25) is 0 Å². The van der Waals surface area contributed by atoms with E-state index in [0.717, 1.165) is 22.4 Å². The fraction of sp³-hybridized carbons (Fsp3) is 0.0588. The Morgan fingerprint density at radius 1 is 0.800 bits per heavy atom. The summed E-state index contributed by atoms with van der Waals surface area (Å²) in [6.45, 7) is 0. The first-order valence-electron chi connectivity index (χ1n) is 6.34. The molecule has 0 saturated carbocycles. The quantitative estimate of drug-likeness (QED) is 0.742. The molecule has 0 bridgehead atoms. The van der Waals surface area contributed by atoms with Crippen LogP contribution in [0.4, 0.5) is 8.78 Å². The number of rotatable bonds is 2. The minimum atomic E-state index is -0.615. The van der Waals surface area contributed by atoms with Crippen molar-refractivity contribution in [2.75, 3.05) is 0 Å². The highest BCUT2D eigenvalue weighted by Crippen LogP contribution is 2.28. The third kappa shape index (κ3) is 2.28. The minimum Gasteiger partial charge on any atom is -0.320 e. The Morgan fingerprint density at radius 2 is 1.45 bits per heavy atom. The van der Waals surface area contributed by atoms with E-state index in [9.17, 15) is 8.78 Å². The van der Waals surface area contributed by atoms with Crippen molar-refractivity contribution in [2.45, 2.75) is 6.04 Å². The maximum Gasteiger partial charge on any atom is 0.126 e. The number of nitrogens with two attached hydrogens (primary N) is 1. The molecule has 1 atom stereocenters. The molecule has 1 nitrogen and oxygen atoms in total. The molecule has 2 N–H and O–H groups in total. The highest BCUT2D eigenvalue weighted by molar-refractivity contribution is 5.86. The van der Waals surface area contributed by atoms with E-state index in [1.807, 2.05) is 42.5 Å². The lowest BCUT2D eigenvalue weighted by atomic mass is 9.94. The maximum atomic E-state index is 13.3. The molecule has 0 heterocycles. The molecule has 0 aliphatic heterocycles. The zero-order valence-electron chi connectivity index (χ0n) is 10.7. The van der Waals surface area contributed by atoms with Crippen LogP contribution in [0.15, 0.2) is 60.7 Å². The first-order chi connectivity index (χ1) is 9.65. The molecule has 3 heteroatoms. The van der Waals surface area contributed by atoms with Gasteiger partial charge < -0.3 is 5.73 Å². The van der Waals surface area contributed by atoms with Gasteiger partial charge in [0.25, 0.3) is 0 Å². The lowest BCUT2D eigenvalue weighted by Crippen LogP contribution is -2.13. The molecule has 0 aliphatic carbocycles. The second-order valence-corrected chi connectivity index (χ2v) is 4.75. The van der Waals surface area contributed by atoms with Crippen LogP contribution in [0, 0.1) is 11.6 Å². The summed E-state index contributed by atoms with van der Waals surface area (Å²) in [6, 6.07) is 16.4. The van der Waals surface area contributed by atoms with Crippen molar-refractivity contribution >= 4 is 10.8 Å². The largest absolute Gasteiger partial charge is 0.320 e. The second kappa shape index (κ2) is 5.02. The summed E-state index contributed by atoms with van der Waals surface area (Å²) in [5.74, 6) is -1.23. The predicted molar refractivity (Wildman–Crippen MR) is 76.3 cm³/mol. The van der Waals surface area contributed by atoms with E-state index in [-0.39, 0.29) is 0 Å². The summed E-state index contributed by atoms with van der Waals surface area (Å²) >= 11 is 0.